The minimum atomic E-state index is 0.138. The van der Waals surface area contributed by atoms with E-state index in [1.165, 1.54) is 0 Å². The zero-order chi connectivity index (χ0) is 15.8. The highest BCUT2D eigenvalue weighted by atomic mass is 16.5. The zero-order valence-electron chi connectivity index (χ0n) is 14.5. The van der Waals surface area contributed by atoms with Crippen LogP contribution in [-0.2, 0) is 14.2 Å². The van der Waals surface area contributed by atoms with Crippen LogP contribution in [0.2, 0.25) is 0 Å². The third kappa shape index (κ3) is 7.56. The van der Waals surface area contributed by atoms with Crippen LogP contribution in [0.3, 0.4) is 0 Å². The van der Waals surface area contributed by atoms with Crippen molar-refractivity contribution in [2.45, 2.75) is 32.7 Å². The van der Waals surface area contributed by atoms with E-state index in [0.717, 1.165) is 59.0 Å². The van der Waals surface area contributed by atoms with Gasteiger partial charge in [0.2, 0.25) is 0 Å². The molecular formula is C16H34N2O3. The lowest BCUT2D eigenvalue weighted by Crippen LogP contribution is -2.50. The van der Waals surface area contributed by atoms with Gasteiger partial charge in [-0.15, -0.1) is 0 Å². The molecule has 5 heteroatoms. The topological polar surface area (TPSA) is 43.0 Å². The Morgan fingerprint density at radius 1 is 1.14 bits per heavy atom. The lowest BCUT2D eigenvalue weighted by Gasteiger charge is -2.36. The van der Waals surface area contributed by atoms with E-state index in [2.05, 4.69) is 31.0 Å². The van der Waals surface area contributed by atoms with E-state index in [0.29, 0.717) is 0 Å². The molecule has 1 rings (SSSR count). The second-order valence-corrected chi connectivity index (χ2v) is 7.17. The van der Waals surface area contributed by atoms with Crippen LogP contribution in [0.25, 0.3) is 0 Å². The monoisotopic (exact) mass is 302 g/mol. The van der Waals surface area contributed by atoms with Crippen molar-refractivity contribution in [3.8, 4) is 0 Å². The van der Waals surface area contributed by atoms with Gasteiger partial charge in [-0.25, -0.2) is 0 Å². The lowest BCUT2D eigenvalue weighted by atomic mass is 9.85. The Morgan fingerprint density at radius 3 is 2.19 bits per heavy atom. The molecule has 1 saturated heterocycles. The Bertz CT molecular complexity index is 265. The molecule has 0 aromatic carbocycles. The van der Waals surface area contributed by atoms with Crippen LogP contribution in [0.1, 0.15) is 27.2 Å². The second-order valence-electron chi connectivity index (χ2n) is 7.17. The number of nitrogens with zero attached hydrogens (tertiary/aromatic N) is 1. The van der Waals surface area contributed by atoms with E-state index in [-0.39, 0.29) is 11.0 Å². The molecule has 0 aromatic rings. The average molecular weight is 302 g/mol. The number of nitrogens with one attached hydrogen (secondary N) is 1. The van der Waals surface area contributed by atoms with E-state index in [1.807, 2.05) is 0 Å². The summed E-state index contributed by atoms with van der Waals surface area (Å²) in [5.74, 6) is 0. The molecular weight excluding hydrogens is 268 g/mol. The van der Waals surface area contributed by atoms with Crippen molar-refractivity contribution >= 4 is 0 Å². The minimum Gasteiger partial charge on any atom is -0.383 e. The fourth-order valence-corrected chi connectivity index (χ4v) is 2.61. The Morgan fingerprint density at radius 2 is 1.76 bits per heavy atom. The summed E-state index contributed by atoms with van der Waals surface area (Å²) in [6, 6.07) is 0. The summed E-state index contributed by atoms with van der Waals surface area (Å²) in [7, 11) is 3.51. The molecule has 0 bridgehead atoms. The van der Waals surface area contributed by atoms with E-state index in [9.17, 15) is 0 Å². The molecule has 0 aromatic heterocycles. The van der Waals surface area contributed by atoms with E-state index in [4.69, 9.17) is 14.2 Å². The number of rotatable bonds is 10. The predicted molar refractivity (Wildman–Crippen MR) is 85.8 cm³/mol. The maximum atomic E-state index is 5.71. The van der Waals surface area contributed by atoms with Gasteiger partial charge in [-0.3, -0.25) is 4.90 Å². The Kier molecular flexibility index (Phi) is 8.13. The molecule has 0 spiro atoms. The van der Waals surface area contributed by atoms with Gasteiger partial charge in [-0.2, -0.15) is 0 Å². The summed E-state index contributed by atoms with van der Waals surface area (Å²) < 4.78 is 16.2. The molecule has 0 amide bonds. The first-order valence-electron chi connectivity index (χ1n) is 7.94. The van der Waals surface area contributed by atoms with Gasteiger partial charge in [0.1, 0.15) is 0 Å². The molecule has 0 radical (unpaired) electrons. The van der Waals surface area contributed by atoms with E-state index >= 15 is 0 Å². The molecule has 1 heterocycles. The van der Waals surface area contributed by atoms with Crippen LogP contribution >= 0.6 is 0 Å². The highest BCUT2D eigenvalue weighted by Gasteiger charge is 2.37. The quantitative estimate of drug-likeness (QED) is 0.660. The van der Waals surface area contributed by atoms with Gasteiger partial charge in [0.05, 0.1) is 19.8 Å². The Balaban J connectivity index is 2.59. The van der Waals surface area contributed by atoms with Crippen LogP contribution < -0.4 is 5.32 Å². The van der Waals surface area contributed by atoms with Crippen molar-refractivity contribution in [1.82, 2.24) is 10.2 Å². The van der Waals surface area contributed by atoms with Crippen molar-refractivity contribution in [2.24, 2.45) is 5.41 Å². The van der Waals surface area contributed by atoms with Crippen LogP contribution in [0.4, 0.5) is 0 Å². The van der Waals surface area contributed by atoms with Crippen molar-refractivity contribution in [3.05, 3.63) is 0 Å². The lowest BCUT2D eigenvalue weighted by molar-refractivity contribution is 0.0656. The van der Waals surface area contributed by atoms with E-state index < -0.39 is 0 Å². The molecule has 1 atom stereocenters. The molecule has 0 saturated carbocycles. The van der Waals surface area contributed by atoms with Crippen LogP contribution in [0.5, 0.6) is 0 Å². The third-order valence-corrected chi connectivity index (χ3v) is 3.96. The molecule has 1 unspecified atom stereocenters. The van der Waals surface area contributed by atoms with Crippen molar-refractivity contribution in [3.63, 3.8) is 0 Å². The van der Waals surface area contributed by atoms with Gasteiger partial charge in [0.15, 0.2) is 0 Å². The van der Waals surface area contributed by atoms with Crippen LogP contribution in [-0.4, -0.2) is 77.3 Å². The fourth-order valence-electron chi connectivity index (χ4n) is 2.61. The number of hydrogen-bond acceptors (Lipinski definition) is 5. The number of hydrogen-bond donors (Lipinski definition) is 1. The summed E-state index contributed by atoms with van der Waals surface area (Å²) >= 11 is 0. The highest BCUT2D eigenvalue weighted by molar-refractivity contribution is 4.90. The summed E-state index contributed by atoms with van der Waals surface area (Å²) in [6.07, 6.45) is 1.12. The number of ether oxygens (including phenoxy) is 3. The maximum Gasteiger partial charge on any atom is 0.0589 e. The second kappa shape index (κ2) is 9.06. The van der Waals surface area contributed by atoms with Gasteiger partial charge >= 0.3 is 0 Å². The van der Waals surface area contributed by atoms with Gasteiger partial charge in [-0.1, -0.05) is 0 Å². The van der Waals surface area contributed by atoms with E-state index in [1.54, 1.807) is 14.2 Å². The van der Waals surface area contributed by atoms with Crippen LogP contribution in [0, 0.1) is 5.41 Å². The predicted octanol–water partition coefficient (Wildman–Crippen LogP) is 1.38. The summed E-state index contributed by atoms with van der Waals surface area (Å²) in [5, 5.41) is 3.65. The Labute approximate surface area is 130 Å². The zero-order valence-corrected chi connectivity index (χ0v) is 14.5. The van der Waals surface area contributed by atoms with Gasteiger partial charge < -0.3 is 19.5 Å². The van der Waals surface area contributed by atoms with Crippen molar-refractivity contribution in [1.29, 1.82) is 0 Å². The molecule has 1 aliphatic rings. The van der Waals surface area contributed by atoms with Gasteiger partial charge in [0.25, 0.3) is 0 Å². The standard InChI is InChI=1S/C16H34N2O3/c1-15(2,3)17-12-16(6-9-21-14-16)13-18(7-10-19-4)8-11-20-5/h17H,6-14H2,1-5H3. The maximum absolute atomic E-state index is 5.71. The van der Waals surface area contributed by atoms with Crippen molar-refractivity contribution < 1.29 is 14.2 Å². The normalized spacial score (nSPS) is 23.1. The average Bonchev–Trinajstić information content (AvgIpc) is 2.88. The molecule has 1 aliphatic heterocycles. The molecule has 0 aliphatic carbocycles. The first kappa shape index (κ1) is 18.8. The fraction of sp³-hybridized carbons (Fsp3) is 1.00. The first-order valence-corrected chi connectivity index (χ1v) is 7.94. The Hall–Kier alpha value is -0.200. The van der Waals surface area contributed by atoms with Crippen LogP contribution in [0.15, 0.2) is 0 Å². The largest absolute Gasteiger partial charge is 0.383 e. The molecule has 21 heavy (non-hydrogen) atoms. The molecule has 126 valence electrons. The molecule has 1 fully saturated rings. The van der Waals surface area contributed by atoms with Gasteiger partial charge in [-0.05, 0) is 27.2 Å². The van der Waals surface area contributed by atoms with Gasteiger partial charge in [0, 0.05) is 58.0 Å². The summed E-state index contributed by atoms with van der Waals surface area (Å²) in [4.78, 5) is 2.44. The molecule has 5 nitrogen and oxygen atoms in total. The smallest absolute Gasteiger partial charge is 0.0589 e. The molecule has 1 N–H and O–H groups in total. The summed E-state index contributed by atoms with van der Waals surface area (Å²) in [5.41, 5.74) is 0.342. The number of methoxy groups -OCH3 is 2. The SMILES string of the molecule is COCCN(CCOC)CC1(CNC(C)(C)C)CCOC1. The third-order valence-electron chi connectivity index (χ3n) is 3.96. The highest BCUT2D eigenvalue weighted by Crippen LogP contribution is 2.29. The van der Waals surface area contributed by atoms with Crippen molar-refractivity contribution in [2.75, 3.05) is 66.8 Å². The summed E-state index contributed by atoms with van der Waals surface area (Å²) in [6.45, 7) is 13.8. The first-order chi connectivity index (χ1) is 9.91. The minimum absolute atomic E-state index is 0.138.